The third kappa shape index (κ3) is 5.82. The Bertz CT molecular complexity index is 1200. The fourth-order valence-electron chi connectivity index (χ4n) is 3.38. The number of esters is 1. The maximum Gasteiger partial charge on any atom is 0.363 e. The molecule has 0 bridgehead atoms. The van der Waals surface area contributed by atoms with Crippen LogP contribution in [0.4, 0.5) is 0 Å². The highest BCUT2D eigenvalue weighted by molar-refractivity contribution is 14.1. The van der Waals surface area contributed by atoms with Gasteiger partial charge in [-0.1, -0.05) is 48.0 Å². The first kappa shape index (κ1) is 23.0. The van der Waals surface area contributed by atoms with E-state index in [1.807, 2.05) is 68.4 Å². The summed E-state index contributed by atoms with van der Waals surface area (Å²) in [6.07, 6.45) is 2.51. The van der Waals surface area contributed by atoms with Gasteiger partial charge >= 0.3 is 5.97 Å². The van der Waals surface area contributed by atoms with Gasteiger partial charge in [-0.3, -0.25) is 0 Å². The van der Waals surface area contributed by atoms with E-state index in [-0.39, 0.29) is 5.70 Å². The number of ether oxygens (including phenoxy) is 3. The Morgan fingerprint density at radius 1 is 1.03 bits per heavy atom. The first-order valence-electron chi connectivity index (χ1n) is 10.8. The zero-order valence-corrected chi connectivity index (χ0v) is 20.7. The lowest BCUT2D eigenvalue weighted by atomic mass is 10.1. The van der Waals surface area contributed by atoms with Crippen LogP contribution in [0.2, 0.25) is 0 Å². The van der Waals surface area contributed by atoms with Crippen molar-refractivity contribution in [3.63, 3.8) is 0 Å². The third-order valence-corrected chi connectivity index (χ3v) is 5.84. The summed E-state index contributed by atoms with van der Waals surface area (Å²) in [7, 11) is 0. The van der Waals surface area contributed by atoms with Gasteiger partial charge in [0.25, 0.3) is 0 Å². The molecule has 168 valence electrons. The number of hydrogen-bond donors (Lipinski definition) is 0. The van der Waals surface area contributed by atoms with E-state index in [0.29, 0.717) is 30.6 Å². The Balaban J connectivity index is 1.55. The molecule has 0 radical (unpaired) electrons. The summed E-state index contributed by atoms with van der Waals surface area (Å²) in [5, 5.41) is 0. The molecule has 1 aliphatic rings. The molecule has 0 atom stereocenters. The first-order valence-corrected chi connectivity index (χ1v) is 11.8. The molecular weight excluding hydrogens is 529 g/mol. The molecule has 3 aromatic rings. The molecule has 0 N–H and O–H groups in total. The van der Waals surface area contributed by atoms with Gasteiger partial charge in [0.15, 0.2) is 17.2 Å². The molecule has 0 fully saturated rings. The molecule has 6 heteroatoms. The Labute approximate surface area is 207 Å². The fraction of sp³-hybridized carbons (Fsp3) is 0.185. The van der Waals surface area contributed by atoms with Crippen molar-refractivity contribution in [2.45, 2.75) is 20.3 Å². The number of benzene rings is 3. The fourth-order valence-corrected chi connectivity index (χ4v) is 4.16. The monoisotopic (exact) mass is 553 g/mol. The lowest BCUT2D eigenvalue weighted by molar-refractivity contribution is -0.129. The zero-order chi connectivity index (χ0) is 23.2. The van der Waals surface area contributed by atoms with Crippen molar-refractivity contribution >= 4 is 40.5 Å². The van der Waals surface area contributed by atoms with Gasteiger partial charge in [-0.2, -0.15) is 0 Å². The molecule has 0 aromatic heterocycles. The highest BCUT2D eigenvalue weighted by Gasteiger charge is 2.24. The van der Waals surface area contributed by atoms with Gasteiger partial charge in [0.1, 0.15) is 0 Å². The lowest BCUT2D eigenvalue weighted by Crippen LogP contribution is -2.06. The number of nitrogens with zero attached hydrogens (tertiary/aromatic N) is 1. The van der Waals surface area contributed by atoms with Gasteiger partial charge in [0, 0.05) is 12.0 Å². The van der Waals surface area contributed by atoms with Crippen LogP contribution in [0.3, 0.4) is 0 Å². The van der Waals surface area contributed by atoms with E-state index in [2.05, 4.69) is 39.7 Å². The van der Waals surface area contributed by atoms with Gasteiger partial charge in [-0.05, 0) is 77.9 Å². The van der Waals surface area contributed by atoms with Gasteiger partial charge in [-0.15, -0.1) is 0 Å². The molecule has 0 spiro atoms. The lowest BCUT2D eigenvalue weighted by Gasteiger charge is -2.15. The number of carbonyl (C=O) groups excluding carboxylic acids is 1. The summed E-state index contributed by atoms with van der Waals surface area (Å²) in [5.41, 5.74) is 4.15. The molecule has 1 aliphatic heterocycles. The molecule has 0 saturated carbocycles. The maximum absolute atomic E-state index is 12.4. The third-order valence-electron chi connectivity index (χ3n) is 5.03. The number of cyclic esters (lactones) is 1. The van der Waals surface area contributed by atoms with E-state index in [9.17, 15) is 4.79 Å². The highest BCUT2D eigenvalue weighted by Crippen LogP contribution is 2.35. The summed E-state index contributed by atoms with van der Waals surface area (Å²) in [5.74, 6) is 1.18. The van der Waals surface area contributed by atoms with Crippen molar-refractivity contribution in [2.24, 2.45) is 4.99 Å². The SMILES string of the molecule is CCOc1cc(/C=C2\N=C(c3ccc(C)cc3)OC2=O)cc(I)c1OCCc1ccccc1. The first-order chi connectivity index (χ1) is 16.0. The van der Waals surface area contributed by atoms with E-state index in [4.69, 9.17) is 14.2 Å². The van der Waals surface area contributed by atoms with E-state index < -0.39 is 5.97 Å². The largest absolute Gasteiger partial charge is 0.490 e. The van der Waals surface area contributed by atoms with Crippen LogP contribution in [0.1, 0.15) is 29.2 Å². The van der Waals surface area contributed by atoms with Crippen LogP contribution in [0.15, 0.2) is 77.4 Å². The van der Waals surface area contributed by atoms with Crippen LogP contribution < -0.4 is 9.47 Å². The number of rotatable bonds is 8. The molecule has 4 rings (SSSR count). The topological polar surface area (TPSA) is 57.1 Å². The van der Waals surface area contributed by atoms with Crippen molar-refractivity contribution < 1.29 is 19.0 Å². The van der Waals surface area contributed by atoms with Crippen LogP contribution in [-0.2, 0) is 16.0 Å². The number of aryl methyl sites for hydroxylation is 1. The second-order valence-corrected chi connectivity index (χ2v) is 8.71. The van der Waals surface area contributed by atoms with Crippen LogP contribution in [-0.4, -0.2) is 25.1 Å². The summed E-state index contributed by atoms with van der Waals surface area (Å²) >= 11 is 2.23. The van der Waals surface area contributed by atoms with Crippen molar-refractivity contribution in [2.75, 3.05) is 13.2 Å². The Morgan fingerprint density at radius 2 is 1.79 bits per heavy atom. The Kier molecular flexibility index (Phi) is 7.44. The number of halogens is 1. The van der Waals surface area contributed by atoms with Gasteiger partial charge in [-0.25, -0.2) is 9.79 Å². The predicted molar refractivity (Wildman–Crippen MR) is 138 cm³/mol. The van der Waals surface area contributed by atoms with Crippen molar-refractivity contribution in [3.8, 4) is 11.5 Å². The van der Waals surface area contributed by atoms with Crippen LogP contribution in [0.25, 0.3) is 6.08 Å². The number of hydrogen-bond acceptors (Lipinski definition) is 5. The minimum Gasteiger partial charge on any atom is -0.490 e. The molecule has 0 amide bonds. The van der Waals surface area contributed by atoms with Crippen molar-refractivity contribution in [1.29, 1.82) is 0 Å². The van der Waals surface area contributed by atoms with E-state index >= 15 is 0 Å². The van der Waals surface area contributed by atoms with Crippen molar-refractivity contribution in [3.05, 3.63) is 98.3 Å². The molecule has 5 nitrogen and oxygen atoms in total. The maximum atomic E-state index is 12.4. The quantitative estimate of drug-likeness (QED) is 0.196. The van der Waals surface area contributed by atoms with E-state index in [1.54, 1.807) is 6.08 Å². The Morgan fingerprint density at radius 3 is 2.52 bits per heavy atom. The van der Waals surface area contributed by atoms with Gasteiger partial charge in [0.2, 0.25) is 5.90 Å². The molecular formula is C27H24INO4. The summed E-state index contributed by atoms with van der Waals surface area (Å²) in [6.45, 7) is 4.97. The van der Waals surface area contributed by atoms with Crippen molar-refractivity contribution in [1.82, 2.24) is 0 Å². The summed E-state index contributed by atoms with van der Waals surface area (Å²) in [6, 6.07) is 21.7. The number of aliphatic imine (C=N–C) groups is 1. The average Bonchev–Trinajstić information content (AvgIpc) is 3.17. The minimum absolute atomic E-state index is 0.251. The molecule has 0 saturated heterocycles. The second kappa shape index (κ2) is 10.7. The normalized spacial score (nSPS) is 14.2. The standard InChI is InChI=1S/C27H24INO4/c1-3-31-24-17-20(15-22(28)25(24)32-14-13-19-7-5-4-6-8-19)16-23-27(30)33-26(29-23)21-11-9-18(2)10-12-21/h4-12,15-17H,3,13-14H2,1-2H3/b23-16-. The average molecular weight is 553 g/mol. The van der Waals surface area contributed by atoms with Gasteiger partial charge < -0.3 is 14.2 Å². The zero-order valence-electron chi connectivity index (χ0n) is 18.5. The molecule has 0 aliphatic carbocycles. The summed E-state index contributed by atoms with van der Waals surface area (Å²) in [4.78, 5) is 16.8. The van der Waals surface area contributed by atoms with Crippen LogP contribution in [0, 0.1) is 10.5 Å². The summed E-state index contributed by atoms with van der Waals surface area (Å²) < 4.78 is 18.2. The molecule has 0 unspecified atom stereocenters. The molecule has 33 heavy (non-hydrogen) atoms. The predicted octanol–water partition coefficient (Wildman–Crippen LogP) is 5.96. The molecule has 3 aromatic carbocycles. The molecule has 1 heterocycles. The smallest absolute Gasteiger partial charge is 0.363 e. The van der Waals surface area contributed by atoms with Crippen LogP contribution >= 0.6 is 22.6 Å². The van der Waals surface area contributed by atoms with Crippen LogP contribution in [0.5, 0.6) is 11.5 Å². The minimum atomic E-state index is -0.471. The second-order valence-electron chi connectivity index (χ2n) is 7.55. The van der Waals surface area contributed by atoms with E-state index in [1.165, 1.54) is 5.56 Å². The van der Waals surface area contributed by atoms with Gasteiger partial charge in [0.05, 0.1) is 16.8 Å². The van der Waals surface area contributed by atoms with E-state index in [0.717, 1.165) is 26.7 Å². The number of carbonyl (C=O) groups is 1. The Hall–Kier alpha value is -3.13. The highest BCUT2D eigenvalue weighted by atomic mass is 127.